The van der Waals surface area contributed by atoms with Gasteiger partial charge < -0.3 is 19.2 Å². The lowest BCUT2D eigenvalue weighted by atomic mass is 10.0. The van der Waals surface area contributed by atoms with Crippen molar-refractivity contribution in [1.82, 2.24) is 9.55 Å². The van der Waals surface area contributed by atoms with Gasteiger partial charge in [0.2, 0.25) is 5.91 Å². The summed E-state index contributed by atoms with van der Waals surface area (Å²) in [6.07, 6.45) is -0.121. The molecule has 0 aliphatic carbocycles. The average molecular weight is 608 g/mol. The van der Waals surface area contributed by atoms with E-state index in [1.54, 1.807) is 27.7 Å². The highest BCUT2D eigenvalue weighted by Gasteiger charge is 2.43. The first kappa shape index (κ1) is 32.4. The van der Waals surface area contributed by atoms with Gasteiger partial charge in [0.15, 0.2) is 8.32 Å². The Bertz CT molecular complexity index is 1250. The van der Waals surface area contributed by atoms with Gasteiger partial charge in [0.05, 0.1) is 12.2 Å². The zero-order chi connectivity index (χ0) is 29.7. The molecule has 2 heterocycles. The van der Waals surface area contributed by atoms with Crippen molar-refractivity contribution in [3.63, 3.8) is 0 Å². The Kier molecular flexibility index (Phi) is 11.1. The summed E-state index contributed by atoms with van der Waals surface area (Å²) in [6.45, 7) is 16.5. The molecule has 1 unspecified atom stereocenters. The minimum atomic E-state index is -2.12. The van der Waals surface area contributed by atoms with Crippen LogP contribution in [0.3, 0.4) is 0 Å². The number of rotatable bonds is 11. The molecular weight excluding hydrogens is 567 g/mol. The molecule has 0 spiro atoms. The van der Waals surface area contributed by atoms with E-state index in [0.29, 0.717) is 5.56 Å². The van der Waals surface area contributed by atoms with Gasteiger partial charge in [0.25, 0.3) is 0 Å². The summed E-state index contributed by atoms with van der Waals surface area (Å²) >= 11 is 0. The molecule has 12 heteroatoms. The van der Waals surface area contributed by atoms with Crippen LogP contribution >= 0.6 is 21.6 Å². The van der Waals surface area contributed by atoms with Crippen molar-refractivity contribution in [2.24, 2.45) is 0 Å². The quantitative estimate of drug-likeness (QED) is 0.181. The van der Waals surface area contributed by atoms with Crippen LogP contribution in [0, 0.1) is 0 Å². The van der Waals surface area contributed by atoms with Gasteiger partial charge in [-0.15, -0.1) is 0 Å². The zero-order valence-corrected chi connectivity index (χ0v) is 27.2. The molecule has 3 rings (SSSR count). The second-order valence-electron chi connectivity index (χ2n) is 11.3. The van der Waals surface area contributed by atoms with Gasteiger partial charge in [-0.3, -0.25) is 9.36 Å². The maximum atomic E-state index is 13.5. The smallest absolute Gasteiger partial charge is 0.351 e. The van der Waals surface area contributed by atoms with E-state index in [9.17, 15) is 14.4 Å². The van der Waals surface area contributed by atoms with Crippen LogP contribution in [-0.2, 0) is 18.7 Å². The largest absolute Gasteiger partial charge is 0.456 e. The van der Waals surface area contributed by atoms with Gasteiger partial charge >= 0.3 is 11.7 Å². The maximum absolute atomic E-state index is 13.5. The van der Waals surface area contributed by atoms with E-state index in [4.69, 9.17) is 13.9 Å². The molecule has 1 amide bonds. The van der Waals surface area contributed by atoms with Crippen molar-refractivity contribution in [1.29, 1.82) is 0 Å². The molecule has 0 radical (unpaired) electrons. The molecule has 40 heavy (non-hydrogen) atoms. The number of hydrogen-bond donors (Lipinski definition) is 1. The minimum absolute atomic E-state index is 0.0131. The van der Waals surface area contributed by atoms with Gasteiger partial charge in [-0.1, -0.05) is 67.5 Å². The molecule has 1 aromatic heterocycles. The van der Waals surface area contributed by atoms with Crippen LogP contribution in [0.1, 0.15) is 75.4 Å². The van der Waals surface area contributed by atoms with E-state index in [1.165, 1.54) is 23.8 Å². The summed E-state index contributed by atoms with van der Waals surface area (Å²) in [4.78, 5) is 41.6. The Balaban J connectivity index is 1.85. The summed E-state index contributed by atoms with van der Waals surface area (Å²) < 4.78 is 20.2. The van der Waals surface area contributed by atoms with Crippen LogP contribution < -0.4 is 11.0 Å². The number of ether oxygens (including phenoxy) is 2. The summed E-state index contributed by atoms with van der Waals surface area (Å²) in [7, 11) is 1.34. The van der Waals surface area contributed by atoms with E-state index in [2.05, 4.69) is 58.0 Å². The molecule has 1 N–H and O–H groups in total. The van der Waals surface area contributed by atoms with Crippen LogP contribution in [0.4, 0.5) is 5.82 Å². The number of carbonyl (C=O) groups excluding carboxylic acids is 2. The fourth-order valence-electron chi connectivity index (χ4n) is 3.99. The Morgan fingerprint density at radius 1 is 1.25 bits per heavy atom. The molecular formula is C28H41N3O6S2Si. The maximum Gasteiger partial charge on any atom is 0.351 e. The van der Waals surface area contributed by atoms with Crippen molar-refractivity contribution in [3.05, 3.63) is 58.1 Å². The molecule has 1 aliphatic heterocycles. The van der Waals surface area contributed by atoms with Crippen molar-refractivity contribution >= 4 is 47.6 Å². The first-order chi connectivity index (χ1) is 18.7. The Hall–Kier alpha value is -2.12. The van der Waals surface area contributed by atoms with Gasteiger partial charge in [-0.25, -0.2) is 9.59 Å². The van der Waals surface area contributed by atoms with Crippen molar-refractivity contribution < 1.29 is 23.5 Å². The van der Waals surface area contributed by atoms with Crippen LogP contribution in [0.15, 0.2) is 41.3 Å². The minimum Gasteiger partial charge on any atom is -0.456 e. The summed E-state index contributed by atoms with van der Waals surface area (Å²) in [6, 6.07) is 9.04. The Labute approximate surface area is 245 Å². The predicted octanol–water partition coefficient (Wildman–Crippen LogP) is 6.20. The van der Waals surface area contributed by atoms with Crippen LogP contribution in [0.2, 0.25) is 18.1 Å². The van der Waals surface area contributed by atoms with Gasteiger partial charge in [0.1, 0.15) is 24.3 Å². The van der Waals surface area contributed by atoms with Crippen molar-refractivity contribution in [3.8, 4) is 0 Å². The molecule has 0 bridgehead atoms. The third kappa shape index (κ3) is 8.22. The van der Waals surface area contributed by atoms with Crippen LogP contribution in [0.5, 0.6) is 0 Å². The van der Waals surface area contributed by atoms with Crippen molar-refractivity contribution in [2.75, 3.05) is 17.7 Å². The lowest BCUT2D eigenvalue weighted by molar-refractivity contribution is -0.114. The van der Waals surface area contributed by atoms with E-state index in [-0.39, 0.29) is 35.0 Å². The normalized spacial score (nSPS) is 20.2. The summed E-state index contributed by atoms with van der Waals surface area (Å²) in [5, 5.41) is 2.60. The Morgan fingerprint density at radius 3 is 2.58 bits per heavy atom. The van der Waals surface area contributed by atoms with Gasteiger partial charge in [-0.2, -0.15) is 4.98 Å². The number of amides is 1. The van der Waals surface area contributed by atoms with E-state index < -0.39 is 38.4 Å². The number of nitrogens with zero attached hydrogens (tertiary/aromatic N) is 2. The predicted molar refractivity (Wildman–Crippen MR) is 164 cm³/mol. The van der Waals surface area contributed by atoms with E-state index in [1.807, 2.05) is 18.2 Å². The number of hydrogen-bond acceptors (Lipinski definition) is 9. The molecule has 220 valence electrons. The fourth-order valence-corrected chi connectivity index (χ4v) is 6.99. The van der Waals surface area contributed by atoms with Gasteiger partial charge in [-0.05, 0) is 42.8 Å². The van der Waals surface area contributed by atoms with Crippen LogP contribution in [0.25, 0.3) is 0 Å². The monoisotopic (exact) mass is 607 g/mol. The molecule has 1 aliphatic rings. The molecule has 1 saturated heterocycles. The third-order valence-corrected chi connectivity index (χ3v) is 14.6. The summed E-state index contributed by atoms with van der Waals surface area (Å²) in [5.41, 5.74) is 0.860. The van der Waals surface area contributed by atoms with Crippen LogP contribution in [-0.4, -0.2) is 54.3 Å². The van der Waals surface area contributed by atoms with E-state index >= 15 is 0 Å². The lowest BCUT2D eigenvalue weighted by Gasteiger charge is -2.37. The highest BCUT2D eigenvalue weighted by molar-refractivity contribution is 8.76. The number of carbonyl (C=O) groups is 2. The molecule has 2 aromatic rings. The highest BCUT2D eigenvalue weighted by Crippen LogP contribution is 2.40. The first-order valence-electron chi connectivity index (χ1n) is 13.5. The molecule has 0 saturated carbocycles. The second kappa shape index (κ2) is 13.7. The molecule has 4 atom stereocenters. The second-order valence-corrected chi connectivity index (χ2v) is 19.1. The molecule has 9 nitrogen and oxygen atoms in total. The number of aromatic nitrogens is 2. The lowest BCUT2D eigenvalue weighted by Crippen LogP contribution is -2.44. The topological polar surface area (TPSA) is 109 Å². The standard InChI is InChI=1S/C28H41N3O6S2Si/c1-9-38-39-18(2)20-12-10-11-13-21(20)26(33)37-22-16-25(31-15-14-24(29-19(3)32)30-27(31)34)36-23(22)17-35-40(7,8)28(4,5)6/h10-15,18,22-23,25H,9,16-17H2,1-8H3,(H,29,30,32,34)/t18?,22-,23-,25-/m1/s1. The number of esters is 1. The SMILES string of the molecule is CCSSC(C)c1ccccc1C(=O)O[C@@H]1C[C@H](n2ccc(NC(C)=O)nc2=O)O[C@@H]1CO[Si](C)(C)C(C)(C)C. The molecule has 1 fully saturated rings. The molecule has 1 aromatic carbocycles. The van der Waals surface area contributed by atoms with Gasteiger partial charge in [0, 0.05) is 30.5 Å². The third-order valence-electron chi connectivity index (χ3n) is 7.25. The first-order valence-corrected chi connectivity index (χ1v) is 18.8. The fraction of sp³-hybridized carbons (Fsp3) is 0.571. The highest BCUT2D eigenvalue weighted by atomic mass is 33.1. The number of nitrogens with one attached hydrogen (secondary N) is 1. The number of benzene rings is 1. The zero-order valence-electron chi connectivity index (χ0n) is 24.6. The Morgan fingerprint density at radius 2 is 1.95 bits per heavy atom. The van der Waals surface area contributed by atoms with E-state index in [0.717, 1.165) is 11.3 Å². The summed E-state index contributed by atoms with van der Waals surface area (Å²) in [5.74, 6) is 0.385. The number of anilines is 1. The van der Waals surface area contributed by atoms with Crippen molar-refractivity contribution in [2.45, 2.75) is 89.8 Å². The average Bonchev–Trinajstić information content (AvgIpc) is 3.27.